The van der Waals surface area contributed by atoms with E-state index in [1.807, 2.05) is 36.4 Å². The van der Waals surface area contributed by atoms with Crippen molar-refractivity contribution in [3.8, 4) is 11.5 Å². The van der Waals surface area contributed by atoms with Crippen molar-refractivity contribution in [3.05, 3.63) is 89.4 Å². The summed E-state index contributed by atoms with van der Waals surface area (Å²) >= 11 is 6.23. The number of hydrogen-bond acceptors (Lipinski definition) is 3. The summed E-state index contributed by atoms with van der Waals surface area (Å²) in [5, 5.41) is 6.12. The molecule has 0 radical (unpaired) electrons. The van der Waals surface area contributed by atoms with E-state index in [4.69, 9.17) is 16.3 Å². The largest absolute Gasteiger partial charge is 0.457 e. The smallest absolute Gasteiger partial charge is 0.226 e. The van der Waals surface area contributed by atoms with E-state index in [0.29, 0.717) is 22.0 Å². The number of rotatable bonds is 7. The van der Waals surface area contributed by atoms with Gasteiger partial charge >= 0.3 is 0 Å². The van der Waals surface area contributed by atoms with E-state index in [2.05, 4.69) is 10.6 Å². The number of nitrogens with one attached hydrogen (secondary N) is 2. The highest BCUT2D eigenvalue weighted by Crippen LogP contribution is 2.26. The van der Waals surface area contributed by atoms with Crippen LogP contribution in [0.15, 0.2) is 78.9 Å². The van der Waals surface area contributed by atoms with E-state index in [9.17, 15) is 9.59 Å². The summed E-state index contributed by atoms with van der Waals surface area (Å²) in [6, 6.07) is 23.2. The van der Waals surface area contributed by atoms with Crippen LogP contribution in [0.1, 0.15) is 24.9 Å². The van der Waals surface area contributed by atoms with Gasteiger partial charge < -0.3 is 15.4 Å². The van der Waals surface area contributed by atoms with Gasteiger partial charge in [-0.25, -0.2) is 0 Å². The Hall–Kier alpha value is -3.31. The van der Waals surface area contributed by atoms with Crippen LogP contribution in [-0.2, 0) is 9.59 Å². The van der Waals surface area contributed by atoms with Crippen molar-refractivity contribution in [2.45, 2.75) is 19.4 Å². The number of carbonyl (C=O) groups excluding carboxylic acids is 2. The van der Waals surface area contributed by atoms with E-state index in [1.165, 1.54) is 6.92 Å². The van der Waals surface area contributed by atoms with Gasteiger partial charge in [-0.2, -0.15) is 0 Å². The Labute approximate surface area is 174 Å². The van der Waals surface area contributed by atoms with E-state index >= 15 is 0 Å². The van der Waals surface area contributed by atoms with Crippen LogP contribution in [0, 0.1) is 0 Å². The quantitative estimate of drug-likeness (QED) is 0.554. The second-order valence-corrected chi connectivity index (χ2v) is 6.87. The van der Waals surface area contributed by atoms with Gasteiger partial charge in [0.2, 0.25) is 11.8 Å². The molecule has 0 spiro atoms. The number of anilines is 1. The molecule has 0 aromatic heterocycles. The van der Waals surface area contributed by atoms with Crippen molar-refractivity contribution in [2.75, 3.05) is 5.32 Å². The molecule has 0 saturated heterocycles. The molecule has 3 aromatic carbocycles. The molecule has 0 heterocycles. The van der Waals surface area contributed by atoms with Crippen molar-refractivity contribution in [3.63, 3.8) is 0 Å². The summed E-state index contributed by atoms with van der Waals surface area (Å²) in [6.45, 7) is 1.41. The Morgan fingerprint density at radius 3 is 2.17 bits per heavy atom. The van der Waals surface area contributed by atoms with Gasteiger partial charge in [0.05, 0.1) is 12.5 Å². The van der Waals surface area contributed by atoms with Gasteiger partial charge in [-0.3, -0.25) is 9.59 Å². The van der Waals surface area contributed by atoms with Crippen LogP contribution in [-0.4, -0.2) is 11.8 Å². The normalized spacial score (nSPS) is 11.4. The van der Waals surface area contributed by atoms with Gasteiger partial charge in [-0.15, -0.1) is 0 Å². The average Bonchev–Trinajstić information content (AvgIpc) is 2.70. The lowest BCUT2D eigenvalue weighted by atomic mass is 10.0. The zero-order valence-corrected chi connectivity index (χ0v) is 16.6. The predicted molar refractivity (Wildman–Crippen MR) is 114 cm³/mol. The van der Waals surface area contributed by atoms with Crippen molar-refractivity contribution in [1.82, 2.24) is 5.32 Å². The number of benzene rings is 3. The third-order valence-electron chi connectivity index (χ3n) is 4.16. The molecule has 29 heavy (non-hydrogen) atoms. The third-order valence-corrected chi connectivity index (χ3v) is 4.51. The highest BCUT2D eigenvalue weighted by atomic mass is 35.5. The van der Waals surface area contributed by atoms with Gasteiger partial charge in [-0.1, -0.05) is 48.0 Å². The van der Waals surface area contributed by atoms with Gasteiger partial charge in [0.1, 0.15) is 11.5 Å². The van der Waals surface area contributed by atoms with Crippen molar-refractivity contribution in [2.24, 2.45) is 0 Å². The Kier molecular flexibility index (Phi) is 6.87. The molecule has 2 amide bonds. The highest BCUT2D eigenvalue weighted by Gasteiger charge is 2.19. The third kappa shape index (κ3) is 6.09. The number of ether oxygens (including phenoxy) is 1. The summed E-state index contributed by atoms with van der Waals surface area (Å²) in [4.78, 5) is 24.1. The number of hydrogen-bond donors (Lipinski definition) is 2. The first kappa shape index (κ1) is 20.4. The first-order valence-electron chi connectivity index (χ1n) is 9.15. The standard InChI is InChI=1S/C23H21ClN2O3/c1-16(27)25-22(20-9-5-6-10-21(20)24)15-23(28)26-17-11-13-19(14-12-17)29-18-7-3-2-4-8-18/h2-14,22H,15H2,1H3,(H,25,27)(H,26,28)/t22-/m1/s1. The van der Waals surface area contributed by atoms with E-state index in [0.717, 1.165) is 5.75 Å². The van der Waals surface area contributed by atoms with Crippen LogP contribution >= 0.6 is 11.6 Å². The summed E-state index contributed by atoms with van der Waals surface area (Å²) in [6.07, 6.45) is 0.0611. The van der Waals surface area contributed by atoms with Gasteiger partial charge in [0.25, 0.3) is 0 Å². The second kappa shape index (κ2) is 9.75. The molecule has 2 N–H and O–H groups in total. The first-order chi connectivity index (χ1) is 14.0. The maximum Gasteiger partial charge on any atom is 0.226 e. The SMILES string of the molecule is CC(=O)N[C@H](CC(=O)Nc1ccc(Oc2ccccc2)cc1)c1ccccc1Cl. The lowest BCUT2D eigenvalue weighted by Gasteiger charge is -2.19. The number of amides is 2. The summed E-state index contributed by atoms with van der Waals surface area (Å²) in [7, 11) is 0. The fraction of sp³-hybridized carbons (Fsp3) is 0.130. The fourth-order valence-electron chi connectivity index (χ4n) is 2.87. The lowest BCUT2D eigenvalue weighted by molar-refractivity contribution is -0.120. The molecule has 0 aliphatic rings. The summed E-state index contributed by atoms with van der Waals surface area (Å²) in [5.74, 6) is 0.939. The Morgan fingerprint density at radius 2 is 1.52 bits per heavy atom. The van der Waals surface area contributed by atoms with Gasteiger partial charge in [0, 0.05) is 17.6 Å². The molecule has 3 aromatic rings. The number of halogens is 1. The zero-order chi connectivity index (χ0) is 20.6. The summed E-state index contributed by atoms with van der Waals surface area (Å²) < 4.78 is 5.74. The first-order valence-corrected chi connectivity index (χ1v) is 9.53. The van der Waals surface area contributed by atoms with Crippen LogP contribution in [0.25, 0.3) is 0 Å². The van der Waals surface area contributed by atoms with Crippen molar-refractivity contribution in [1.29, 1.82) is 0 Å². The molecule has 6 heteroatoms. The minimum atomic E-state index is -0.512. The Balaban J connectivity index is 1.64. The molecule has 1 atom stereocenters. The maximum absolute atomic E-state index is 12.5. The Morgan fingerprint density at radius 1 is 0.897 bits per heavy atom. The van der Waals surface area contributed by atoms with E-state index in [-0.39, 0.29) is 18.2 Å². The molecule has 0 aliphatic heterocycles. The van der Waals surface area contributed by atoms with Crippen LogP contribution in [0.3, 0.4) is 0 Å². The molecular weight excluding hydrogens is 388 g/mol. The highest BCUT2D eigenvalue weighted by molar-refractivity contribution is 6.31. The molecular formula is C23H21ClN2O3. The van der Waals surface area contributed by atoms with Gasteiger partial charge in [0.15, 0.2) is 0 Å². The zero-order valence-electron chi connectivity index (χ0n) is 15.9. The molecule has 0 fully saturated rings. The summed E-state index contributed by atoms with van der Waals surface area (Å²) in [5.41, 5.74) is 1.34. The molecule has 148 valence electrons. The van der Waals surface area contributed by atoms with Crippen LogP contribution in [0.5, 0.6) is 11.5 Å². The van der Waals surface area contributed by atoms with Crippen LogP contribution in [0.2, 0.25) is 5.02 Å². The average molecular weight is 409 g/mol. The predicted octanol–water partition coefficient (Wildman–Crippen LogP) is 5.34. The number of carbonyl (C=O) groups is 2. The van der Waals surface area contributed by atoms with Crippen LogP contribution < -0.4 is 15.4 Å². The molecule has 0 aliphatic carbocycles. The molecule has 0 unspecified atom stereocenters. The topological polar surface area (TPSA) is 67.4 Å². The Bertz CT molecular complexity index is 975. The molecule has 0 bridgehead atoms. The maximum atomic E-state index is 12.5. The molecule has 5 nitrogen and oxygen atoms in total. The molecule has 3 rings (SSSR count). The van der Waals surface area contributed by atoms with E-state index < -0.39 is 6.04 Å². The second-order valence-electron chi connectivity index (χ2n) is 6.47. The monoisotopic (exact) mass is 408 g/mol. The van der Waals surface area contributed by atoms with Gasteiger partial charge in [-0.05, 0) is 48.0 Å². The minimum absolute atomic E-state index is 0.0611. The number of para-hydroxylation sites is 1. The van der Waals surface area contributed by atoms with E-state index in [1.54, 1.807) is 42.5 Å². The molecule has 0 saturated carbocycles. The minimum Gasteiger partial charge on any atom is -0.457 e. The van der Waals surface area contributed by atoms with Crippen LogP contribution in [0.4, 0.5) is 5.69 Å². The van der Waals surface area contributed by atoms with Crippen molar-refractivity contribution < 1.29 is 14.3 Å². The lowest BCUT2D eigenvalue weighted by Crippen LogP contribution is -2.30. The van der Waals surface area contributed by atoms with Crippen molar-refractivity contribution >= 4 is 29.1 Å². The fourth-order valence-corrected chi connectivity index (χ4v) is 3.14.